The van der Waals surface area contributed by atoms with Crippen molar-refractivity contribution in [2.45, 2.75) is 51.8 Å². The Balaban J connectivity index is 1.50. The zero-order valence-electron chi connectivity index (χ0n) is 13.9. The topological polar surface area (TPSA) is 74.0 Å². The van der Waals surface area contributed by atoms with Gasteiger partial charge in [0.1, 0.15) is 6.10 Å². The lowest BCUT2D eigenvalue weighted by Gasteiger charge is -2.18. The summed E-state index contributed by atoms with van der Waals surface area (Å²) in [5, 5.41) is 11.8. The Morgan fingerprint density at radius 3 is 3.21 bits per heavy atom. The van der Waals surface area contributed by atoms with E-state index in [1.807, 2.05) is 28.4 Å². The summed E-state index contributed by atoms with van der Waals surface area (Å²) in [7, 11) is 0. The summed E-state index contributed by atoms with van der Waals surface area (Å²) in [6, 6.07) is 3.94. The van der Waals surface area contributed by atoms with Crippen LogP contribution in [0.5, 0.6) is 0 Å². The highest BCUT2D eigenvalue weighted by Gasteiger charge is 2.37. The number of nitrogens with zero attached hydrogens (tertiary/aromatic N) is 4. The summed E-state index contributed by atoms with van der Waals surface area (Å²) in [5.41, 5.74) is 2.18. The first-order valence-electron chi connectivity index (χ1n) is 8.77. The molecule has 7 nitrogen and oxygen atoms in total. The fraction of sp³-hybridized carbons (Fsp3) is 0.588. The number of amides is 1. The maximum Gasteiger partial charge on any atom is 0.231 e. The van der Waals surface area contributed by atoms with Crippen molar-refractivity contribution in [2.24, 2.45) is 5.92 Å². The summed E-state index contributed by atoms with van der Waals surface area (Å²) in [5.74, 6) is 0.439. The Morgan fingerprint density at radius 2 is 2.38 bits per heavy atom. The summed E-state index contributed by atoms with van der Waals surface area (Å²) in [6.07, 6.45) is 5.64. The van der Waals surface area contributed by atoms with Crippen molar-refractivity contribution in [1.29, 1.82) is 0 Å². The number of ether oxygens (including phenoxy) is 1. The molecule has 2 aliphatic rings. The van der Waals surface area contributed by atoms with Gasteiger partial charge in [0.15, 0.2) is 5.82 Å². The number of carbonyl (C=O) groups is 1. The smallest absolute Gasteiger partial charge is 0.231 e. The van der Waals surface area contributed by atoms with E-state index in [-0.39, 0.29) is 17.9 Å². The largest absolute Gasteiger partial charge is 0.371 e. The fourth-order valence-electron chi connectivity index (χ4n) is 3.70. The lowest BCUT2D eigenvalue weighted by molar-refractivity contribution is -0.121. The van der Waals surface area contributed by atoms with Gasteiger partial charge in [-0.3, -0.25) is 14.2 Å². The van der Waals surface area contributed by atoms with Crippen LogP contribution in [0.3, 0.4) is 0 Å². The average Bonchev–Trinajstić information content (AvgIpc) is 3.31. The normalized spacial score (nSPS) is 23.2. The first-order valence-corrected chi connectivity index (χ1v) is 8.77. The highest BCUT2D eigenvalue weighted by atomic mass is 16.5. The first kappa shape index (κ1) is 15.4. The van der Waals surface area contributed by atoms with Gasteiger partial charge in [0.25, 0.3) is 0 Å². The minimum absolute atomic E-state index is 0.0169. The van der Waals surface area contributed by atoms with Crippen LogP contribution in [-0.4, -0.2) is 32.1 Å². The quantitative estimate of drug-likeness (QED) is 0.933. The Bertz CT molecular complexity index is 712. The van der Waals surface area contributed by atoms with Gasteiger partial charge in [-0.1, -0.05) is 0 Å². The summed E-state index contributed by atoms with van der Waals surface area (Å²) < 4.78 is 9.75. The molecule has 0 radical (unpaired) electrons. The Labute approximate surface area is 141 Å². The van der Waals surface area contributed by atoms with Crippen LogP contribution in [-0.2, 0) is 29.0 Å². The molecule has 7 heteroatoms. The van der Waals surface area contributed by atoms with Crippen LogP contribution in [0.1, 0.15) is 43.7 Å². The Morgan fingerprint density at radius 1 is 1.46 bits per heavy atom. The van der Waals surface area contributed by atoms with E-state index >= 15 is 0 Å². The molecule has 1 saturated heterocycles. The molecule has 4 rings (SSSR count). The third-order valence-electron chi connectivity index (χ3n) is 4.94. The molecule has 4 heterocycles. The second-order valence-electron chi connectivity index (χ2n) is 6.45. The van der Waals surface area contributed by atoms with Gasteiger partial charge in [0.05, 0.1) is 11.6 Å². The lowest BCUT2D eigenvalue weighted by Crippen LogP contribution is -2.27. The molecule has 2 aromatic rings. The van der Waals surface area contributed by atoms with Crippen molar-refractivity contribution < 1.29 is 9.53 Å². The van der Waals surface area contributed by atoms with E-state index in [9.17, 15) is 4.79 Å². The molecule has 1 amide bonds. The van der Waals surface area contributed by atoms with Crippen LogP contribution >= 0.6 is 0 Å². The van der Waals surface area contributed by atoms with Crippen LogP contribution in [0.4, 0.5) is 5.82 Å². The van der Waals surface area contributed by atoms with Crippen LogP contribution < -0.4 is 5.32 Å². The van der Waals surface area contributed by atoms with Gasteiger partial charge in [-0.05, 0) is 38.7 Å². The van der Waals surface area contributed by atoms with Crippen molar-refractivity contribution in [2.75, 3.05) is 11.9 Å². The Hall–Kier alpha value is -2.15. The minimum Gasteiger partial charge on any atom is -0.371 e. The van der Waals surface area contributed by atoms with Crippen LogP contribution in [0, 0.1) is 5.92 Å². The third-order valence-corrected chi connectivity index (χ3v) is 4.94. The van der Waals surface area contributed by atoms with Gasteiger partial charge in [0.2, 0.25) is 5.91 Å². The molecule has 0 aromatic carbocycles. The zero-order chi connectivity index (χ0) is 16.5. The molecule has 0 bridgehead atoms. The summed E-state index contributed by atoms with van der Waals surface area (Å²) in [6.45, 7) is 4.34. The molecule has 0 unspecified atom stereocenters. The van der Waals surface area contributed by atoms with Gasteiger partial charge in [-0.2, -0.15) is 10.2 Å². The van der Waals surface area contributed by atoms with E-state index in [0.29, 0.717) is 12.4 Å². The maximum atomic E-state index is 12.8. The summed E-state index contributed by atoms with van der Waals surface area (Å²) >= 11 is 0. The van der Waals surface area contributed by atoms with E-state index < -0.39 is 0 Å². The van der Waals surface area contributed by atoms with Crippen molar-refractivity contribution in [3.05, 3.63) is 29.7 Å². The van der Waals surface area contributed by atoms with Crippen molar-refractivity contribution in [3.63, 3.8) is 0 Å². The lowest BCUT2D eigenvalue weighted by atomic mass is 9.98. The maximum absolute atomic E-state index is 12.8. The van der Waals surface area contributed by atoms with E-state index in [1.165, 1.54) is 12.1 Å². The molecular formula is C17H23N5O2. The molecule has 2 atom stereocenters. The SMILES string of the molecule is CCn1nccc1[C@@H]1OCC[C@H]1C(=O)Nc1cc2n(n1)CCCC2. The zero-order valence-corrected chi connectivity index (χ0v) is 13.9. The number of carbonyl (C=O) groups excluding carboxylic acids is 1. The van der Waals surface area contributed by atoms with Gasteiger partial charge < -0.3 is 10.1 Å². The highest BCUT2D eigenvalue weighted by Crippen LogP contribution is 2.35. The summed E-state index contributed by atoms with van der Waals surface area (Å²) in [4.78, 5) is 12.8. The number of hydrogen-bond donors (Lipinski definition) is 1. The van der Waals surface area contributed by atoms with Crippen molar-refractivity contribution in [3.8, 4) is 0 Å². The van der Waals surface area contributed by atoms with E-state index in [1.54, 1.807) is 6.20 Å². The third kappa shape index (κ3) is 2.73. The molecule has 1 N–H and O–H groups in total. The van der Waals surface area contributed by atoms with E-state index in [4.69, 9.17) is 4.74 Å². The molecule has 0 spiro atoms. The second-order valence-corrected chi connectivity index (χ2v) is 6.45. The molecule has 24 heavy (non-hydrogen) atoms. The molecule has 2 aliphatic heterocycles. The van der Waals surface area contributed by atoms with Gasteiger partial charge in [-0.25, -0.2) is 0 Å². The minimum atomic E-state index is -0.232. The number of anilines is 1. The number of aryl methyl sites for hydroxylation is 3. The molecular weight excluding hydrogens is 306 g/mol. The monoisotopic (exact) mass is 329 g/mol. The Kier molecular flexibility index (Phi) is 4.10. The average molecular weight is 329 g/mol. The number of rotatable bonds is 4. The van der Waals surface area contributed by atoms with Crippen molar-refractivity contribution >= 4 is 11.7 Å². The predicted octanol–water partition coefficient (Wildman–Crippen LogP) is 2.15. The molecule has 128 valence electrons. The van der Waals surface area contributed by atoms with Crippen LogP contribution in [0.25, 0.3) is 0 Å². The van der Waals surface area contributed by atoms with Crippen LogP contribution in [0.15, 0.2) is 18.3 Å². The fourth-order valence-corrected chi connectivity index (χ4v) is 3.70. The predicted molar refractivity (Wildman–Crippen MR) is 88.5 cm³/mol. The molecule has 1 fully saturated rings. The molecule has 0 saturated carbocycles. The standard InChI is InChI=1S/C17H23N5O2/c1-2-21-14(6-8-18-21)16-13(7-10-24-16)17(23)19-15-11-12-5-3-4-9-22(12)20-15/h6,8,11,13,16H,2-5,7,9-10H2,1H3,(H,19,20,23)/t13-,16-/m1/s1. The van der Waals surface area contributed by atoms with Gasteiger partial charge >= 0.3 is 0 Å². The van der Waals surface area contributed by atoms with Gasteiger partial charge in [-0.15, -0.1) is 0 Å². The number of hydrogen-bond acceptors (Lipinski definition) is 4. The van der Waals surface area contributed by atoms with Crippen LogP contribution in [0.2, 0.25) is 0 Å². The molecule has 0 aliphatic carbocycles. The van der Waals surface area contributed by atoms with E-state index in [2.05, 4.69) is 15.5 Å². The van der Waals surface area contributed by atoms with Crippen molar-refractivity contribution in [1.82, 2.24) is 19.6 Å². The number of aromatic nitrogens is 4. The van der Waals surface area contributed by atoms with Gasteiger partial charge in [0, 0.05) is 37.7 Å². The second kappa shape index (κ2) is 6.39. The highest BCUT2D eigenvalue weighted by molar-refractivity contribution is 5.92. The number of fused-ring (bicyclic) bond motifs is 1. The number of nitrogens with one attached hydrogen (secondary N) is 1. The van der Waals surface area contributed by atoms with E-state index in [0.717, 1.165) is 38.0 Å². The molecule has 2 aromatic heterocycles. The first-order chi connectivity index (χ1) is 11.8.